The molecule has 1 fully saturated rings. The molecule has 5 heteroatoms. The van der Waals surface area contributed by atoms with Crippen molar-refractivity contribution in [1.82, 2.24) is 0 Å². The molecule has 1 aliphatic rings. The van der Waals surface area contributed by atoms with Crippen LogP contribution in [0.1, 0.15) is 0 Å². The zero-order chi connectivity index (χ0) is 10.0. The van der Waals surface area contributed by atoms with Crippen molar-refractivity contribution in [1.29, 1.82) is 0 Å². The van der Waals surface area contributed by atoms with Gasteiger partial charge in [0.2, 0.25) is 0 Å². The molecule has 13 heavy (non-hydrogen) atoms. The first-order valence-electron chi connectivity index (χ1n) is 3.88. The lowest BCUT2D eigenvalue weighted by molar-refractivity contribution is -0.214. The molecular formula is C8H12O5. The van der Waals surface area contributed by atoms with Gasteiger partial charge in [0.1, 0.15) is 30.5 Å². The van der Waals surface area contributed by atoms with Crippen LogP contribution in [-0.4, -0.2) is 57.6 Å². The summed E-state index contributed by atoms with van der Waals surface area (Å²) in [5.74, 6) is 2.11. The lowest BCUT2D eigenvalue weighted by Gasteiger charge is -2.37. The normalized spacial score (nSPS) is 45.6. The maximum absolute atomic E-state index is 9.26. The number of terminal acetylenes is 1. The van der Waals surface area contributed by atoms with Crippen LogP contribution in [0.25, 0.3) is 0 Å². The summed E-state index contributed by atoms with van der Waals surface area (Å²) in [7, 11) is 0. The highest BCUT2D eigenvalue weighted by molar-refractivity contribution is 5.05. The van der Waals surface area contributed by atoms with Crippen molar-refractivity contribution in [3.63, 3.8) is 0 Å². The zero-order valence-electron chi connectivity index (χ0n) is 6.87. The molecule has 0 saturated carbocycles. The second-order valence-electron chi connectivity index (χ2n) is 2.92. The number of hydrogen-bond acceptors (Lipinski definition) is 5. The molecule has 0 unspecified atom stereocenters. The van der Waals surface area contributed by atoms with Gasteiger partial charge < -0.3 is 25.2 Å². The molecule has 74 valence electrons. The van der Waals surface area contributed by atoms with Crippen LogP contribution in [0.3, 0.4) is 0 Å². The predicted octanol–water partition coefficient (Wildman–Crippen LogP) is -2.54. The Bertz CT molecular complexity index is 209. The summed E-state index contributed by atoms with van der Waals surface area (Å²) >= 11 is 0. The van der Waals surface area contributed by atoms with Gasteiger partial charge in [-0.15, -0.1) is 6.42 Å². The van der Waals surface area contributed by atoms with Crippen molar-refractivity contribution in [3.05, 3.63) is 0 Å². The van der Waals surface area contributed by atoms with Crippen LogP contribution in [0.2, 0.25) is 0 Å². The summed E-state index contributed by atoms with van der Waals surface area (Å²) in [5, 5.41) is 36.5. The zero-order valence-corrected chi connectivity index (χ0v) is 6.87. The average Bonchev–Trinajstić information content (AvgIpc) is 2.15. The lowest BCUT2D eigenvalue weighted by Crippen LogP contribution is -2.58. The first-order valence-corrected chi connectivity index (χ1v) is 3.88. The van der Waals surface area contributed by atoms with Crippen LogP contribution >= 0.6 is 0 Å². The van der Waals surface area contributed by atoms with Gasteiger partial charge in [0, 0.05) is 0 Å². The molecule has 1 heterocycles. The summed E-state index contributed by atoms with van der Waals surface area (Å²) in [6.07, 6.45) is -0.941. The monoisotopic (exact) mass is 188 g/mol. The van der Waals surface area contributed by atoms with E-state index in [1.165, 1.54) is 0 Å². The molecule has 0 aromatic rings. The quantitative estimate of drug-likeness (QED) is 0.340. The van der Waals surface area contributed by atoms with E-state index in [4.69, 9.17) is 16.3 Å². The Morgan fingerprint density at radius 1 is 1.15 bits per heavy atom. The molecule has 0 spiro atoms. The smallest absolute Gasteiger partial charge is 0.146 e. The fourth-order valence-electron chi connectivity index (χ4n) is 1.24. The summed E-state index contributed by atoms with van der Waals surface area (Å²) in [6, 6.07) is 0. The van der Waals surface area contributed by atoms with Crippen molar-refractivity contribution in [3.8, 4) is 12.3 Å². The minimum Gasteiger partial charge on any atom is -0.394 e. The Labute approximate surface area is 75.6 Å². The van der Waals surface area contributed by atoms with E-state index < -0.39 is 37.1 Å². The Morgan fingerprint density at radius 3 is 2.23 bits per heavy atom. The topological polar surface area (TPSA) is 90.2 Å². The molecule has 4 N–H and O–H groups in total. The van der Waals surface area contributed by atoms with Crippen molar-refractivity contribution < 1.29 is 25.2 Å². The van der Waals surface area contributed by atoms with Crippen molar-refractivity contribution in [2.75, 3.05) is 6.61 Å². The van der Waals surface area contributed by atoms with Crippen LogP contribution in [0.15, 0.2) is 0 Å². The SMILES string of the molecule is C#C[C@@H]1O[C@H](CO)[C@@H](O)[C@H](O)[C@@H]1O. The lowest BCUT2D eigenvalue weighted by atomic mass is 9.96. The fourth-order valence-corrected chi connectivity index (χ4v) is 1.24. The van der Waals surface area contributed by atoms with E-state index in [1.807, 2.05) is 0 Å². The summed E-state index contributed by atoms with van der Waals surface area (Å²) in [4.78, 5) is 0. The van der Waals surface area contributed by atoms with Crippen LogP contribution in [0.4, 0.5) is 0 Å². The maximum Gasteiger partial charge on any atom is 0.146 e. The van der Waals surface area contributed by atoms with E-state index in [2.05, 4.69) is 5.92 Å². The molecule has 0 amide bonds. The number of aliphatic hydroxyl groups excluding tert-OH is 4. The minimum absolute atomic E-state index is 0.455. The molecule has 5 nitrogen and oxygen atoms in total. The molecule has 0 aliphatic carbocycles. The minimum atomic E-state index is -1.38. The molecule has 0 bridgehead atoms. The summed E-state index contributed by atoms with van der Waals surface area (Å²) in [6.45, 7) is -0.455. The standard InChI is InChI=1S/C8H12O5/c1-2-4-6(10)8(12)7(11)5(3-9)13-4/h1,4-12H,3H2/t4-,5+,6+,7+,8+/m0/s1. The third kappa shape index (κ3) is 1.82. The van der Waals surface area contributed by atoms with Gasteiger partial charge in [-0.2, -0.15) is 0 Å². The van der Waals surface area contributed by atoms with Crippen molar-refractivity contribution in [2.45, 2.75) is 30.5 Å². The van der Waals surface area contributed by atoms with Gasteiger partial charge in [0.25, 0.3) is 0 Å². The predicted molar refractivity (Wildman–Crippen MR) is 42.6 cm³/mol. The van der Waals surface area contributed by atoms with Gasteiger partial charge in [-0.3, -0.25) is 0 Å². The Hall–Kier alpha value is -0.640. The fraction of sp³-hybridized carbons (Fsp3) is 0.750. The highest BCUT2D eigenvalue weighted by atomic mass is 16.5. The second-order valence-corrected chi connectivity index (χ2v) is 2.92. The molecule has 0 aromatic carbocycles. The average molecular weight is 188 g/mol. The van der Waals surface area contributed by atoms with Gasteiger partial charge >= 0.3 is 0 Å². The largest absolute Gasteiger partial charge is 0.394 e. The van der Waals surface area contributed by atoms with E-state index in [1.54, 1.807) is 0 Å². The van der Waals surface area contributed by atoms with Gasteiger partial charge in [0.15, 0.2) is 0 Å². The van der Waals surface area contributed by atoms with Gasteiger partial charge in [-0.25, -0.2) is 0 Å². The van der Waals surface area contributed by atoms with Crippen LogP contribution in [0, 0.1) is 12.3 Å². The number of rotatable bonds is 1. The van der Waals surface area contributed by atoms with Crippen LogP contribution in [0.5, 0.6) is 0 Å². The van der Waals surface area contributed by atoms with E-state index >= 15 is 0 Å². The number of hydrogen-bond donors (Lipinski definition) is 4. The van der Waals surface area contributed by atoms with Crippen molar-refractivity contribution in [2.24, 2.45) is 0 Å². The van der Waals surface area contributed by atoms with Crippen LogP contribution < -0.4 is 0 Å². The molecule has 0 aromatic heterocycles. The highest BCUT2D eigenvalue weighted by Crippen LogP contribution is 2.20. The first kappa shape index (κ1) is 10.4. The van der Waals surface area contributed by atoms with E-state index in [9.17, 15) is 15.3 Å². The first-order chi connectivity index (χ1) is 6.11. The molecule has 5 atom stereocenters. The molecule has 1 saturated heterocycles. The number of aliphatic hydroxyl groups is 4. The Morgan fingerprint density at radius 2 is 1.77 bits per heavy atom. The molecule has 0 radical (unpaired) electrons. The summed E-state index contributed by atoms with van der Waals surface area (Å²) in [5.41, 5.74) is 0. The second kappa shape index (κ2) is 4.05. The molecule has 1 rings (SSSR count). The molecular weight excluding hydrogens is 176 g/mol. The summed E-state index contributed by atoms with van der Waals surface area (Å²) < 4.78 is 4.93. The molecule has 1 aliphatic heterocycles. The van der Waals surface area contributed by atoms with E-state index in [-0.39, 0.29) is 0 Å². The van der Waals surface area contributed by atoms with Crippen LogP contribution in [-0.2, 0) is 4.74 Å². The third-order valence-electron chi connectivity index (χ3n) is 2.06. The van der Waals surface area contributed by atoms with Gasteiger partial charge in [-0.1, -0.05) is 5.92 Å². The third-order valence-corrected chi connectivity index (χ3v) is 2.06. The Balaban J connectivity index is 2.73. The van der Waals surface area contributed by atoms with E-state index in [0.717, 1.165) is 0 Å². The van der Waals surface area contributed by atoms with Crippen molar-refractivity contribution >= 4 is 0 Å². The maximum atomic E-state index is 9.26. The number of ether oxygens (including phenoxy) is 1. The Kier molecular flexibility index (Phi) is 3.25. The van der Waals surface area contributed by atoms with Gasteiger partial charge in [-0.05, 0) is 0 Å². The highest BCUT2D eigenvalue weighted by Gasteiger charge is 2.42. The van der Waals surface area contributed by atoms with Gasteiger partial charge in [0.05, 0.1) is 6.61 Å². The van der Waals surface area contributed by atoms with E-state index in [0.29, 0.717) is 0 Å².